The number of terminal acetylenes is 1. The summed E-state index contributed by atoms with van der Waals surface area (Å²) in [4.78, 5) is 15.6. The molecule has 0 atom stereocenters. The minimum Gasteiger partial charge on any atom is -0.493 e. The van der Waals surface area contributed by atoms with E-state index in [1.54, 1.807) is 19.1 Å². The SMILES string of the molecule is C#CCOc1c(Cl)cc(/C=C(\Sc2n[nH]c(C)n2)C(=O)O)cc1OC. The molecule has 25 heavy (non-hydrogen) atoms. The van der Waals surface area contributed by atoms with Crippen LogP contribution < -0.4 is 9.47 Å². The summed E-state index contributed by atoms with van der Waals surface area (Å²) in [5, 5.41) is 16.5. The van der Waals surface area contributed by atoms with Crippen molar-refractivity contribution in [3.8, 4) is 23.8 Å². The Bertz CT molecular complexity index is 858. The predicted molar refractivity (Wildman–Crippen MR) is 94.9 cm³/mol. The number of methoxy groups -OCH3 is 1. The molecule has 0 fully saturated rings. The molecule has 1 aromatic heterocycles. The van der Waals surface area contributed by atoms with Gasteiger partial charge in [-0.05, 0) is 42.5 Å². The number of benzene rings is 1. The number of carboxylic acid groups (broad SMARTS) is 1. The van der Waals surface area contributed by atoms with Gasteiger partial charge in [-0.3, -0.25) is 5.10 Å². The van der Waals surface area contributed by atoms with Crippen molar-refractivity contribution in [3.63, 3.8) is 0 Å². The first kappa shape index (κ1) is 18.7. The van der Waals surface area contributed by atoms with Gasteiger partial charge in [0.25, 0.3) is 0 Å². The van der Waals surface area contributed by atoms with Crippen LogP contribution in [0.25, 0.3) is 6.08 Å². The number of nitrogens with zero attached hydrogens (tertiary/aromatic N) is 2. The van der Waals surface area contributed by atoms with Gasteiger partial charge in [0, 0.05) is 0 Å². The molecule has 9 heteroatoms. The molecule has 0 saturated heterocycles. The number of rotatable bonds is 7. The van der Waals surface area contributed by atoms with Crippen molar-refractivity contribution < 1.29 is 19.4 Å². The Morgan fingerprint density at radius 1 is 1.56 bits per heavy atom. The fourth-order valence-electron chi connectivity index (χ4n) is 1.83. The number of halogens is 1. The van der Waals surface area contributed by atoms with Crippen LogP contribution in [-0.2, 0) is 4.79 Å². The van der Waals surface area contributed by atoms with Gasteiger partial charge in [-0.25, -0.2) is 9.78 Å². The number of H-pyrrole nitrogens is 1. The highest BCUT2D eigenvalue weighted by Crippen LogP contribution is 2.37. The van der Waals surface area contributed by atoms with Crippen molar-refractivity contribution in [1.29, 1.82) is 0 Å². The molecule has 130 valence electrons. The molecule has 0 bridgehead atoms. The Morgan fingerprint density at radius 3 is 2.88 bits per heavy atom. The van der Waals surface area contributed by atoms with Crippen molar-refractivity contribution in [2.45, 2.75) is 12.1 Å². The van der Waals surface area contributed by atoms with Crippen molar-refractivity contribution >= 4 is 35.4 Å². The second-order valence-corrected chi connectivity index (χ2v) is 6.06. The number of hydrogen-bond acceptors (Lipinski definition) is 6. The van der Waals surface area contributed by atoms with E-state index in [4.69, 9.17) is 27.5 Å². The van der Waals surface area contributed by atoms with Crippen LogP contribution in [0.5, 0.6) is 11.5 Å². The summed E-state index contributed by atoms with van der Waals surface area (Å²) in [5.41, 5.74) is 0.520. The van der Waals surface area contributed by atoms with E-state index in [0.29, 0.717) is 28.0 Å². The first-order valence-corrected chi connectivity index (χ1v) is 8.09. The largest absolute Gasteiger partial charge is 0.493 e. The van der Waals surface area contributed by atoms with E-state index in [9.17, 15) is 9.90 Å². The smallest absolute Gasteiger partial charge is 0.342 e. The lowest BCUT2D eigenvalue weighted by atomic mass is 10.2. The number of aromatic nitrogens is 3. The molecule has 0 unspecified atom stereocenters. The molecule has 7 nitrogen and oxygen atoms in total. The monoisotopic (exact) mass is 379 g/mol. The molecule has 2 aromatic rings. The lowest BCUT2D eigenvalue weighted by Gasteiger charge is -2.12. The van der Waals surface area contributed by atoms with Gasteiger partial charge in [-0.15, -0.1) is 11.5 Å². The van der Waals surface area contributed by atoms with E-state index < -0.39 is 5.97 Å². The Morgan fingerprint density at radius 2 is 2.32 bits per heavy atom. The van der Waals surface area contributed by atoms with Crippen LogP contribution in [-0.4, -0.2) is 40.0 Å². The van der Waals surface area contributed by atoms with Gasteiger partial charge in [0.15, 0.2) is 11.5 Å². The highest BCUT2D eigenvalue weighted by atomic mass is 35.5. The lowest BCUT2D eigenvalue weighted by molar-refractivity contribution is -0.131. The van der Waals surface area contributed by atoms with Crippen LogP contribution in [0.2, 0.25) is 5.02 Å². The Kier molecular flexibility index (Phi) is 6.33. The second-order valence-electron chi connectivity index (χ2n) is 4.65. The molecular formula is C16H14ClN3O4S. The van der Waals surface area contributed by atoms with Crippen molar-refractivity contribution in [1.82, 2.24) is 15.2 Å². The summed E-state index contributed by atoms with van der Waals surface area (Å²) in [7, 11) is 1.45. The summed E-state index contributed by atoms with van der Waals surface area (Å²) in [6.45, 7) is 1.76. The molecule has 0 aliphatic rings. The number of aliphatic carboxylic acids is 1. The minimum absolute atomic E-state index is 0.0226. The predicted octanol–water partition coefficient (Wildman–Crippen LogP) is 3.00. The standard InChI is InChI=1S/C16H14ClN3O4S/c1-4-5-24-14-11(17)6-10(7-12(14)23-3)8-13(15(21)22)25-16-18-9(2)19-20-16/h1,6-8H,5H2,2-3H3,(H,21,22)(H,18,19,20)/b13-8-. The first-order chi connectivity index (χ1) is 11.9. The average Bonchev–Trinajstić information content (AvgIpc) is 2.97. The Hall–Kier alpha value is -2.63. The number of aryl methyl sites for hydroxylation is 1. The minimum atomic E-state index is -1.12. The number of nitrogens with one attached hydrogen (secondary N) is 1. The van der Waals surface area contributed by atoms with E-state index in [-0.39, 0.29) is 16.5 Å². The molecule has 0 saturated carbocycles. The van der Waals surface area contributed by atoms with Crippen LogP contribution in [0, 0.1) is 19.3 Å². The normalized spacial score (nSPS) is 11.0. The fourth-order valence-corrected chi connectivity index (χ4v) is 2.86. The highest BCUT2D eigenvalue weighted by Gasteiger charge is 2.16. The van der Waals surface area contributed by atoms with E-state index in [1.165, 1.54) is 13.2 Å². The molecule has 1 aromatic carbocycles. The van der Waals surface area contributed by atoms with E-state index in [1.807, 2.05) is 0 Å². The molecule has 0 aliphatic heterocycles. The summed E-state index contributed by atoms with van der Waals surface area (Å²) < 4.78 is 10.6. The van der Waals surface area contributed by atoms with Crippen LogP contribution in [0.1, 0.15) is 11.4 Å². The highest BCUT2D eigenvalue weighted by molar-refractivity contribution is 8.04. The topological polar surface area (TPSA) is 97.3 Å². The lowest BCUT2D eigenvalue weighted by Crippen LogP contribution is -1.99. The number of thioether (sulfide) groups is 1. The molecule has 0 amide bonds. The van der Waals surface area contributed by atoms with E-state index in [2.05, 4.69) is 21.1 Å². The van der Waals surface area contributed by atoms with Gasteiger partial charge >= 0.3 is 5.97 Å². The molecular weight excluding hydrogens is 366 g/mol. The Labute approximate surface area is 153 Å². The molecule has 1 heterocycles. The number of carbonyl (C=O) groups is 1. The third-order valence-corrected chi connectivity index (χ3v) is 4.00. The van der Waals surface area contributed by atoms with Gasteiger partial charge in [0.1, 0.15) is 17.3 Å². The average molecular weight is 380 g/mol. The number of ether oxygens (including phenoxy) is 2. The molecule has 2 N–H and O–H groups in total. The third kappa shape index (κ3) is 4.92. The summed E-state index contributed by atoms with van der Waals surface area (Å²) in [5.74, 6) is 2.46. The van der Waals surface area contributed by atoms with Crippen molar-refractivity contribution in [2.24, 2.45) is 0 Å². The fraction of sp³-hybridized carbons (Fsp3) is 0.188. The van der Waals surface area contributed by atoms with Gasteiger partial charge in [-0.2, -0.15) is 0 Å². The van der Waals surface area contributed by atoms with E-state index in [0.717, 1.165) is 11.8 Å². The van der Waals surface area contributed by atoms with Gasteiger partial charge in [0.05, 0.1) is 12.1 Å². The van der Waals surface area contributed by atoms with E-state index >= 15 is 0 Å². The third-order valence-electron chi connectivity index (χ3n) is 2.84. The van der Waals surface area contributed by atoms with Crippen LogP contribution in [0.15, 0.2) is 22.2 Å². The summed E-state index contributed by atoms with van der Waals surface area (Å²) >= 11 is 7.11. The van der Waals surface area contributed by atoms with Gasteiger partial charge < -0.3 is 14.6 Å². The molecule has 0 aliphatic carbocycles. The maximum Gasteiger partial charge on any atom is 0.342 e. The maximum absolute atomic E-state index is 11.5. The second kappa shape index (κ2) is 8.46. The zero-order valence-corrected chi connectivity index (χ0v) is 14.9. The van der Waals surface area contributed by atoms with Crippen LogP contribution >= 0.6 is 23.4 Å². The quantitative estimate of drug-likeness (QED) is 0.433. The number of aromatic amines is 1. The van der Waals surface area contributed by atoms with Crippen LogP contribution in [0.3, 0.4) is 0 Å². The zero-order chi connectivity index (χ0) is 18.4. The van der Waals surface area contributed by atoms with Crippen molar-refractivity contribution in [2.75, 3.05) is 13.7 Å². The summed E-state index contributed by atoms with van der Waals surface area (Å²) in [6.07, 6.45) is 6.61. The number of carboxylic acids is 1. The first-order valence-electron chi connectivity index (χ1n) is 6.90. The zero-order valence-electron chi connectivity index (χ0n) is 13.4. The van der Waals surface area contributed by atoms with Gasteiger partial charge in [-0.1, -0.05) is 17.5 Å². The van der Waals surface area contributed by atoms with Crippen LogP contribution in [0.4, 0.5) is 0 Å². The van der Waals surface area contributed by atoms with Gasteiger partial charge in [0.2, 0.25) is 5.16 Å². The molecule has 2 rings (SSSR count). The summed E-state index contributed by atoms with van der Waals surface area (Å²) in [6, 6.07) is 3.16. The van der Waals surface area contributed by atoms with Crippen molar-refractivity contribution in [3.05, 3.63) is 33.4 Å². The molecule has 0 spiro atoms. The Balaban J connectivity index is 2.37. The molecule has 0 radical (unpaired) electrons. The number of hydrogen-bond donors (Lipinski definition) is 2. The maximum atomic E-state index is 11.5.